The van der Waals surface area contributed by atoms with Crippen LogP contribution < -0.4 is 16.2 Å². The standard InChI is InChI=1S/C28H27FN4O5S/c1-3-5-15-38-27(37)17-7-11-19(12-8-17)30-25(35)23-24(26(36)31-20-13-9-18(29)10-14-20)39-28-32-21(6-4-2)16-22(34)33(23)28/h7-14,16H,3-6,15H2,1-2H3,(H,30,35)(H,31,36). The lowest BCUT2D eigenvalue weighted by Gasteiger charge is -2.09. The molecule has 0 unspecified atom stereocenters. The number of nitrogens with zero attached hydrogens (tertiary/aromatic N) is 2. The number of carbonyl (C=O) groups excluding carboxylic acids is 3. The number of nitrogens with one attached hydrogen (secondary N) is 2. The lowest BCUT2D eigenvalue weighted by molar-refractivity contribution is 0.0499. The van der Waals surface area contributed by atoms with Crippen molar-refractivity contribution in [3.63, 3.8) is 0 Å². The van der Waals surface area contributed by atoms with Gasteiger partial charge in [0.05, 0.1) is 12.2 Å². The molecular formula is C28H27FN4O5S. The van der Waals surface area contributed by atoms with Crippen molar-refractivity contribution in [2.75, 3.05) is 17.2 Å². The largest absolute Gasteiger partial charge is 0.462 e. The quantitative estimate of drug-likeness (QED) is 0.204. The summed E-state index contributed by atoms with van der Waals surface area (Å²) in [7, 11) is 0. The van der Waals surface area contributed by atoms with E-state index in [2.05, 4.69) is 15.6 Å². The molecule has 39 heavy (non-hydrogen) atoms. The summed E-state index contributed by atoms with van der Waals surface area (Å²) in [4.78, 5) is 56.5. The van der Waals surface area contributed by atoms with Crippen molar-refractivity contribution in [1.82, 2.24) is 9.38 Å². The van der Waals surface area contributed by atoms with E-state index in [0.29, 0.717) is 35.7 Å². The second-order valence-corrected chi connectivity index (χ2v) is 9.69. The van der Waals surface area contributed by atoms with Gasteiger partial charge in [0.15, 0.2) is 4.96 Å². The number of fused-ring (bicyclic) bond motifs is 1. The van der Waals surface area contributed by atoms with Crippen molar-refractivity contribution in [3.05, 3.63) is 92.6 Å². The maximum absolute atomic E-state index is 13.5. The average Bonchev–Trinajstić information content (AvgIpc) is 3.31. The monoisotopic (exact) mass is 550 g/mol. The van der Waals surface area contributed by atoms with Crippen LogP contribution in [0.2, 0.25) is 0 Å². The highest BCUT2D eigenvalue weighted by molar-refractivity contribution is 7.19. The van der Waals surface area contributed by atoms with E-state index in [9.17, 15) is 23.6 Å². The molecule has 0 spiro atoms. The highest BCUT2D eigenvalue weighted by Gasteiger charge is 2.26. The third-order valence-corrected chi connectivity index (χ3v) is 6.75. The molecule has 0 aliphatic heterocycles. The minimum absolute atomic E-state index is 0.0359. The lowest BCUT2D eigenvalue weighted by atomic mass is 10.2. The van der Waals surface area contributed by atoms with Crippen molar-refractivity contribution in [2.45, 2.75) is 39.5 Å². The predicted molar refractivity (Wildman–Crippen MR) is 147 cm³/mol. The first-order chi connectivity index (χ1) is 18.8. The van der Waals surface area contributed by atoms with Gasteiger partial charge in [0, 0.05) is 23.1 Å². The minimum Gasteiger partial charge on any atom is -0.462 e. The third-order valence-electron chi connectivity index (χ3n) is 5.71. The summed E-state index contributed by atoms with van der Waals surface area (Å²) < 4.78 is 19.6. The van der Waals surface area contributed by atoms with E-state index in [4.69, 9.17) is 4.74 Å². The number of aryl methyl sites for hydroxylation is 1. The summed E-state index contributed by atoms with van der Waals surface area (Å²) in [6.45, 7) is 4.27. The molecule has 2 N–H and O–H groups in total. The number of amides is 2. The number of aromatic nitrogens is 2. The molecule has 202 valence electrons. The van der Waals surface area contributed by atoms with Gasteiger partial charge in [-0.1, -0.05) is 38.0 Å². The Kier molecular flexibility index (Phi) is 8.82. The molecule has 2 aromatic heterocycles. The zero-order chi connectivity index (χ0) is 27.9. The molecule has 0 bridgehead atoms. The average molecular weight is 551 g/mol. The molecule has 4 aromatic rings. The van der Waals surface area contributed by atoms with Crippen LogP contribution in [0.1, 0.15) is 69.3 Å². The SMILES string of the molecule is CCCCOC(=O)c1ccc(NC(=O)c2c(C(=O)Nc3ccc(F)cc3)sc3nc(CCC)cc(=O)n23)cc1. The maximum Gasteiger partial charge on any atom is 0.338 e. The first-order valence-electron chi connectivity index (χ1n) is 12.5. The number of thiazole rings is 1. The topological polar surface area (TPSA) is 119 Å². The van der Waals surface area contributed by atoms with Gasteiger partial charge in [-0.2, -0.15) is 0 Å². The lowest BCUT2D eigenvalue weighted by Crippen LogP contribution is -2.25. The Labute approximate surface area is 227 Å². The summed E-state index contributed by atoms with van der Waals surface area (Å²) in [5.74, 6) is -2.29. The highest BCUT2D eigenvalue weighted by Crippen LogP contribution is 2.24. The van der Waals surface area contributed by atoms with E-state index >= 15 is 0 Å². The van der Waals surface area contributed by atoms with Crippen LogP contribution in [-0.2, 0) is 11.2 Å². The number of unbranched alkanes of at least 4 members (excludes halogenated alkanes) is 1. The van der Waals surface area contributed by atoms with Crippen LogP contribution in [0, 0.1) is 5.82 Å². The molecule has 0 atom stereocenters. The van der Waals surface area contributed by atoms with Crippen LogP contribution in [-0.4, -0.2) is 33.8 Å². The summed E-state index contributed by atoms with van der Waals surface area (Å²) >= 11 is 0.907. The molecule has 0 fully saturated rings. The minimum atomic E-state index is -0.712. The molecule has 0 aliphatic rings. The zero-order valence-electron chi connectivity index (χ0n) is 21.5. The van der Waals surface area contributed by atoms with Crippen LogP contribution in [0.4, 0.5) is 15.8 Å². The van der Waals surface area contributed by atoms with Crippen molar-refractivity contribution >= 4 is 45.5 Å². The number of benzene rings is 2. The Bertz CT molecular complexity index is 1560. The molecule has 2 amide bonds. The first kappa shape index (κ1) is 27.6. The second-order valence-electron chi connectivity index (χ2n) is 8.72. The van der Waals surface area contributed by atoms with Gasteiger partial charge < -0.3 is 15.4 Å². The number of anilines is 2. The van der Waals surface area contributed by atoms with Crippen LogP contribution >= 0.6 is 11.3 Å². The molecule has 0 aliphatic carbocycles. The van der Waals surface area contributed by atoms with Gasteiger partial charge in [-0.05, 0) is 61.4 Å². The van der Waals surface area contributed by atoms with E-state index in [1.54, 1.807) is 0 Å². The summed E-state index contributed by atoms with van der Waals surface area (Å²) in [5, 5.41) is 5.32. The Morgan fingerprint density at radius 3 is 2.23 bits per heavy atom. The van der Waals surface area contributed by atoms with Gasteiger partial charge in [-0.25, -0.2) is 18.6 Å². The molecule has 0 saturated heterocycles. The van der Waals surface area contributed by atoms with Gasteiger partial charge in [0.2, 0.25) is 0 Å². The van der Waals surface area contributed by atoms with Crippen molar-refractivity contribution in [1.29, 1.82) is 0 Å². The summed E-state index contributed by atoms with van der Waals surface area (Å²) in [6, 6.07) is 12.6. The molecule has 2 aromatic carbocycles. The first-order valence-corrected chi connectivity index (χ1v) is 13.3. The van der Waals surface area contributed by atoms with E-state index < -0.39 is 29.2 Å². The maximum atomic E-state index is 13.5. The number of esters is 1. The Hall–Kier alpha value is -4.38. The summed E-state index contributed by atoms with van der Waals surface area (Å²) in [5.41, 5.74) is 0.876. The van der Waals surface area contributed by atoms with Crippen LogP contribution in [0.5, 0.6) is 0 Å². The predicted octanol–water partition coefficient (Wildman–Crippen LogP) is 5.31. The smallest absolute Gasteiger partial charge is 0.338 e. The van der Waals surface area contributed by atoms with Gasteiger partial charge >= 0.3 is 5.97 Å². The second kappa shape index (κ2) is 12.4. The zero-order valence-corrected chi connectivity index (χ0v) is 22.3. The van der Waals surface area contributed by atoms with E-state index in [1.807, 2.05) is 13.8 Å². The summed E-state index contributed by atoms with van der Waals surface area (Å²) in [6.07, 6.45) is 2.99. The fourth-order valence-corrected chi connectivity index (χ4v) is 4.80. The normalized spacial score (nSPS) is 10.8. The van der Waals surface area contributed by atoms with Gasteiger partial charge in [0.1, 0.15) is 16.4 Å². The van der Waals surface area contributed by atoms with Crippen molar-refractivity contribution < 1.29 is 23.5 Å². The number of ether oxygens (including phenoxy) is 1. The van der Waals surface area contributed by atoms with Crippen LogP contribution in [0.15, 0.2) is 59.4 Å². The molecule has 2 heterocycles. The van der Waals surface area contributed by atoms with Gasteiger partial charge in [0.25, 0.3) is 17.4 Å². The van der Waals surface area contributed by atoms with E-state index in [1.165, 1.54) is 54.6 Å². The fourth-order valence-electron chi connectivity index (χ4n) is 3.76. The number of hydrogen-bond donors (Lipinski definition) is 2. The molecule has 0 radical (unpaired) electrons. The highest BCUT2D eigenvalue weighted by atomic mass is 32.1. The van der Waals surface area contributed by atoms with Gasteiger partial charge in [-0.15, -0.1) is 0 Å². The Balaban J connectivity index is 1.66. The van der Waals surface area contributed by atoms with E-state index in [-0.39, 0.29) is 15.5 Å². The molecule has 9 nitrogen and oxygen atoms in total. The van der Waals surface area contributed by atoms with Crippen LogP contribution in [0.3, 0.4) is 0 Å². The van der Waals surface area contributed by atoms with Crippen molar-refractivity contribution in [3.8, 4) is 0 Å². The number of rotatable bonds is 10. The molecule has 11 heteroatoms. The van der Waals surface area contributed by atoms with Gasteiger partial charge in [-0.3, -0.25) is 14.4 Å². The number of halogens is 1. The molecule has 4 rings (SSSR count). The number of hydrogen-bond acceptors (Lipinski definition) is 7. The Morgan fingerprint density at radius 1 is 0.949 bits per heavy atom. The molecular weight excluding hydrogens is 523 g/mol. The van der Waals surface area contributed by atoms with E-state index in [0.717, 1.165) is 35.0 Å². The van der Waals surface area contributed by atoms with Crippen LogP contribution in [0.25, 0.3) is 4.96 Å². The Morgan fingerprint density at radius 2 is 1.59 bits per heavy atom. The van der Waals surface area contributed by atoms with Crippen molar-refractivity contribution in [2.24, 2.45) is 0 Å². The number of carbonyl (C=O) groups is 3. The molecule has 0 saturated carbocycles. The third kappa shape index (κ3) is 6.55. The fraction of sp³-hybridized carbons (Fsp3) is 0.250.